The van der Waals surface area contributed by atoms with Gasteiger partial charge < -0.3 is 14.8 Å². The molecule has 0 aromatic rings. The number of hydrogen-bond donors (Lipinski definition) is 1. The van der Waals surface area contributed by atoms with E-state index in [-0.39, 0.29) is 17.2 Å². The SMILES string of the molecule is CCOCC(C)OC1(CNC(C)(C)C)CCCCCC1. The number of hydrogen-bond acceptors (Lipinski definition) is 3. The van der Waals surface area contributed by atoms with E-state index in [1.54, 1.807) is 0 Å². The van der Waals surface area contributed by atoms with Crippen LogP contribution in [0.2, 0.25) is 0 Å². The molecule has 0 saturated heterocycles. The van der Waals surface area contributed by atoms with Gasteiger partial charge in [-0.05, 0) is 47.5 Å². The van der Waals surface area contributed by atoms with Gasteiger partial charge in [-0.15, -0.1) is 0 Å². The van der Waals surface area contributed by atoms with Gasteiger partial charge in [-0.2, -0.15) is 0 Å². The van der Waals surface area contributed by atoms with Crippen LogP contribution in [0, 0.1) is 0 Å². The van der Waals surface area contributed by atoms with Gasteiger partial charge in [0.1, 0.15) is 0 Å². The summed E-state index contributed by atoms with van der Waals surface area (Å²) < 4.78 is 12.0. The van der Waals surface area contributed by atoms with Crippen molar-refractivity contribution in [2.24, 2.45) is 0 Å². The highest BCUT2D eigenvalue weighted by Gasteiger charge is 2.34. The van der Waals surface area contributed by atoms with Crippen molar-refractivity contribution in [2.75, 3.05) is 19.8 Å². The first kappa shape index (κ1) is 17.9. The lowest BCUT2D eigenvalue weighted by molar-refractivity contribution is -0.118. The van der Waals surface area contributed by atoms with E-state index in [0.717, 1.165) is 13.2 Å². The minimum atomic E-state index is 0.000296. The lowest BCUT2D eigenvalue weighted by Gasteiger charge is -2.38. The van der Waals surface area contributed by atoms with Gasteiger partial charge in [0.05, 0.1) is 18.3 Å². The third kappa shape index (κ3) is 7.05. The lowest BCUT2D eigenvalue weighted by Crippen LogP contribution is -2.50. The topological polar surface area (TPSA) is 30.5 Å². The molecule has 1 aliphatic rings. The summed E-state index contributed by atoms with van der Waals surface area (Å²) in [6.07, 6.45) is 7.79. The Labute approximate surface area is 125 Å². The summed E-state index contributed by atoms with van der Waals surface area (Å²) in [5.74, 6) is 0. The van der Waals surface area contributed by atoms with E-state index in [4.69, 9.17) is 9.47 Å². The maximum Gasteiger partial charge on any atom is 0.0811 e. The standard InChI is InChI=1S/C17H35NO2/c1-6-19-13-15(2)20-17(14-18-16(3,4)5)11-9-7-8-10-12-17/h15,18H,6-14H2,1-5H3. The van der Waals surface area contributed by atoms with Crippen molar-refractivity contribution in [3.8, 4) is 0 Å². The quantitative estimate of drug-likeness (QED) is 0.719. The van der Waals surface area contributed by atoms with Gasteiger partial charge in [-0.1, -0.05) is 25.7 Å². The fraction of sp³-hybridized carbons (Fsp3) is 1.00. The molecule has 3 heteroatoms. The van der Waals surface area contributed by atoms with Crippen molar-refractivity contribution in [2.45, 2.75) is 90.4 Å². The second-order valence-electron chi connectivity index (χ2n) is 7.29. The van der Waals surface area contributed by atoms with E-state index in [9.17, 15) is 0 Å². The van der Waals surface area contributed by atoms with Gasteiger partial charge in [-0.25, -0.2) is 0 Å². The van der Waals surface area contributed by atoms with Crippen molar-refractivity contribution in [3.05, 3.63) is 0 Å². The minimum absolute atomic E-state index is 0.000296. The largest absolute Gasteiger partial charge is 0.379 e. The highest BCUT2D eigenvalue weighted by atomic mass is 16.5. The number of nitrogens with one attached hydrogen (secondary N) is 1. The summed E-state index contributed by atoms with van der Waals surface area (Å²) in [6.45, 7) is 13.3. The van der Waals surface area contributed by atoms with Crippen LogP contribution in [0.3, 0.4) is 0 Å². The molecule has 0 bridgehead atoms. The van der Waals surface area contributed by atoms with Gasteiger partial charge >= 0.3 is 0 Å². The van der Waals surface area contributed by atoms with Crippen LogP contribution in [0.5, 0.6) is 0 Å². The van der Waals surface area contributed by atoms with Crippen molar-refractivity contribution in [1.82, 2.24) is 5.32 Å². The Kier molecular flexibility index (Phi) is 7.49. The molecule has 0 amide bonds. The molecule has 1 saturated carbocycles. The molecule has 1 N–H and O–H groups in total. The zero-order chi connectivity index (χ0) is 15.1. The summed E-state index contributed by atoms with van der Waals surface area (Å²) in [4.78, 5) is 0. The van der Waals surface area contributed by atoms with E-state index in [2.05, 4.69) is 33.0 Å². The Balaban J connectivity index is 2.62. The molecule has 120 valence electrons. The average molecular weight is 285 g/mol. The molecule has 1 fully saturated rings. The van der Waals surface area contributed by atoms with E-state index >= 15 is 0 Å². The van der Waals surface area contributed by atoms with Crippen molar-refractivity contribution in [3.63, 3.8) is 0 Å². The Morgan fingerprint density at radius 3 is 2.20 bits per heavy atom. The van der Waals surface area contributed by atoms with Crippen LogP contribution in [0.4, 0.5) is 0 Å². The first-order valence-corrected chi connectivity index (χ1v) is 8.37. The molecule has 0 spiro atoms. The monoisotopic (exact) mass is 285 g/mol. The maximum absolute atomic E-state index is 6.47. The van der Waals surface area contributed by atoms with Gasteiger partial charge in [0.25, 0.3) is 0 Å². The highest BCUT2D eigenvalue weighted by molar-refractivity contribution is 4.89. The Bertz CT molecular complexity index is 252. The molecule has 3 nitrogen and oxygen atoms in total. The lowest BCUT2D eigenvalue weighted by atomic mass is 9.92. The van der Waals surface area contributed by atoms with Crippen LogP contribution >= 0.6 is 0 Å². The highest BCUT2D eigenvalue weighted by Crippen LogP contribution is 2.31. The minimum Gasteiger partial charge on any atom is -0.379 e. The predicted octanol–water partition coefficient (Wildman–Crippen LogP) is 3.91. The molecular formula is C17H35NO2. The van der Waals surface area contributed by atoms with Crippen LogP contribution in [0.15, 0.2) is 0 Å². The number of rotatable bonds is 7. The molecular weight excluding hydrogens is 250 g/mol. The van der Waals surface area contributed by atoms with Gasteiger partial charge in [0.15, 0.2) is 0 Å². The summed E-state index contributed by atoms with van der Waals surface area (Å²) >= 11 is 0. The molecule has 0 aromatic heterocycles. The van der Waals surface area contributed by atoms with Gasteiger partial charge in [-0.3, -0.25) is 0 Å². The average Bonchev–Trinajstić information content (AvgIpc) is 2.59. The van der Waals surface area contributed by atoms with Crippen LogP contribution in [-0.2, 0) is 9.47 Å². The summed E-state index contributed by atoms with van der Waals surface area (Å²) in [5, 5.41) is 3.66. The van der Waals surface area contributed by atoms with Crippen molar-refractivity contribution < 1.29 is 9.47 Å². The molecule has 1 unspecified atom stereocenters. The molecule has 20 heavy (non-hydrogen) atoms. The van der Waals surface area contributed by atoms with Crippen LogP contribution < -0.4 is 5.32 Å². The molecule has 0 heterocycles. The third-order valence-electron chi connectivity index (χ3n) is 3.96. The zero-order valence-corrected chi connectivity index (χ0v) is 14.3. The molecule has 1 rings (SSSR count). The number of ether oxygens (including phenoxy) is 2. The first-order chi connectivity index (χ1) is 9.37. The molecule has 1 aliphatic carbocycles. The van der Waals surface area contributed by atoms with E-state index in [1.807, 2.05) is 6.92 Å². The Morgan fingerprint density at radius 1 is 1.10 bits per heavy atom. The van der Waals surface area contributed by atoms with Crippen molar-refractivity contribution in [1.29, 1.82) is 0 Å². The molecule has 0 aliphatic heterocycles. The van der Waals surface area contributed by atoms with Gasteiger partial charge in [0, 0.05) is 18.7 Å². The summed E-state index contributed by atoms with van der Waals surface area (Å²) in [6, 6.07) is 0. The molecule has 0 aromatic carbocycles. The first-order valence-electron chi connectivity index (χ1n) is 8.37. The van der Waals surface area contributed by atoms with Crippen LogP contribution in [-0.4, -0.2) is 37.0 Å². The third-order valence-corrected chi connectivity index (χ3v) is 3.96. The molecule has 0 radical (unpaired) electrons. The fourth-order valence-electron chi connectivity index (χ4n) is 2.88. The second kappa shape index (κ2) is 8.35. The van der Waals surface area contributed by atoms with E-state index in [0.29, 0.717) is 6.61 Å². The summed E-state index contributed by atoms with van der Waals surface area (Å²) in [5.41, 5.74) is 0.145. The van der Waals surface area contributed by atoms with Crippen LogP contribution in [0.1, 0.15) is 73.1 Å². The van der Waals surface area contributed by atoms with Crippen molar-refractivity contribution >= 4 is 0 Å². The predicted molar refractivity (Wildman–Crippen MR) is 85.2 cm³/mol. The Morgan fingerprint density at radius 2 is 1.70 bits per heavy atom. The fourth-order valence-corrected chi connectivity index (χ4v) is 2.88. The van der Waals surface area contributed by atoms with E-state index < -0.39 is 0 Å². The zero-order valence-electron chi connectivity index (χ0n) is 14.3. The Hall–Kier alpha value is -0.120. The smallest absolute Gasteiger partial charge is 0.0811 e. The maximum atomic E-state index is 6.47. The molecule has 1 atom stereocenters. The second-order valence-corrected chi connectivity index (χ2v) is 7.29. The van der Waals surface area contributed by atoms with E-state index in [1.165, 1.54) is 38.5 Å². The summed E-state index contributed by atoms with van der Waals surface area (Å²) in [7, 11) is 0. The van der Waals surface area contributed by atoms with Gasteiger partial charge in [0.2, 0.25) is 0 Å². The normalized spacial score (nSPS) is 21.4. The van der Waals surface area contributed by atoms with Crippen LogP contribution in [0.25, 0.3) is 0 Å².